The summed E-state index contributed by atoms with van der Waals surface area (Å²) in [5.41, 5.74) is 0.496. The lowest BCUT2D eigenvalue weighted by molar-refractivity contribution is -0.120. The zero-order valence-electron chi connectivity index (χ0n) is 12.3. The maximum atomic E-state index is 12.2. The molecule has 0 aliphatic carbocycles. The van der Waals surface area contributed by atoms with Crippen molar-refractivity contribution in [2.75, 3.05) is 25.0 Å². The molecular formula is C13H22N4O3S. The van der Waals surface area contributed by atoms with Gasteiger partial charge in [-0.15, -0.1) is 0 Å². The Morgan fingerprint density at radius 2 is 2.05 bits per heavy atom. The van der Waals surface area contributed by atoms with E-state index in [1.165, 1.54) is 12.4 Å². The third-order valence-electron chi connectivity index (χ3n) is 2.66. The molecule has 8 heteroatoms. The van der Waals surface area contributed by atoms with Crippen LogP contribution in [0.2, 0.25) is 0 Å². The van der Waals surface area contributed by atoms with Gasteiger partial charge in [0.05, 0.1) is 5.69 Å². The van der Waals surface area contributed by atoms with Gasteiger partial charge in [-0.2, -0.15) is 0 Å². The number of amides is 1. The lowest BCUT2D eigenvalue weighted by atomic mass is 10.4. The number of nitrogens with zero attached hydrogens (tertiary/aromatic N) is 1. The summed E-state index contributed by atoms with van der Waals surface area (Å²) < 4.78 is 26.8. The standard InChI is InChI=1S/C13H22N4O3S/c1-3-7-16-13(18)6-9-17-21(19,20)12-10-14-8-5-11(12)15-4-2/h5,8,10,17H,3-4,6-7,9H2,1-2H3,(H,14,15)(H,16,18). The Balaban J connectivity index is 2.63. The lowest BCUT2D eigenvalue weighted by Crippen LogP contribution is -2.31. The predicted octanol–water partition coefficient (Wildman–Crippen LogP) is 0.708. The van der Waals surface area contributed by atoms with Crippen molar-refractivity contribution >= 4 is 21.6 Å². The largest absolute Gasteiger partial charge is 0.384 e. The van der Waals surface area contributed by atoms with Crippen LogP contribution in [0.4, 0.5) is 5.69 Å². The number of carbonyl (C=O) groups excluding carboxylic acids is 1. The first-order valence-corrected chi connectivity index (χ1v) is 8.43. The van der Waals surface area contributed by atoms with Crippen LogP contribution in [0.25, 0.3) is 0 Å². The summed E-state index contributed by atoms with van der Waals surface area (Å²) in [7, 11) is -3.68. The Kier molecular flexibility index (Phi) is 7.10. The van der Waals surface area contributed by atoms with Gasteiger partial charge in [0.15, 0.2) is 0 Å². The minimum atomic E-state index is -3.68. The van der Waals surface area contributed by atoms with Crippen molar-refractivity contribution in [3.05, 3.63) is 18.5 Å². The van der Waals surface area contributed by atoms with Gasteiger partial charge in [-0.05, 0) is 19.4 Å². The molecule has 1 heterocycles. The molecule has 0 fully saturated rings. The Morgan fingerprint density at radius 3 is 2.71 bits per heavy atom. The molecule has 118 valence electrons. The molecule has 21 heavy (non-hydrogen) atoms. The van der Waals surface area contributed by atoms with Crippen molar-refractivity contribution in [1.29, 1.82) is 0 Å². The number of anilines is 1. The lowest BCUT2D eigenvalue weighted by Gasteiger charge is -2.11. The first-order valence-electron chi connectivity index (χ1n) is 6.95. The highest BCUT2D eigenvalue weighted by molar-refractivity contribution is 7.89. The minimum Gasteiger partial charge on any atom is -0.384 e. The highest BCUT2D eigenvalue weighted by atomic mass is 32.2. The number of aromatic nitrogens is 1. The second-order valence-electron chi connectivity index (χ2n) is 4.40. The maximum absolute atomic E-state index is 12.2. The summed E-state index contributed by atoms with van der Waals surface area (Å²) in [5, 5.41) is 5.66. The molecule has 1 aromatic rings. The molecule has 0 spiro atoms. The van der Waals surface area contributed by atoms with E-state index < -0.39 is 10.0 Å². The van der Waals surface area contributed by atoms with Crippen molar-refractivity contribution in [2.45, 2.75) is 31.6 Å². The van der Waals surface area contributed by atoms with Crippen molar-refractivity contribution in [3.63, 3.8) is 0 Å². The van der Waals surface area contributed by atoms with Crippen LogP contribution in [0.3, 0.4) is 0 Å². The summed E-state index contributed by atoms with van der Waals surface area (Å²) in [6, 6.07) is 1.60. The normalized spacial score (nSPS) is 11.1. The van der Waals surface area contributed by atoms with Crippen LogP contribution < -0.4 is 15.4 Å². The van der Waals surface area contributed by atoms with Crippen molar-refractivity contribution in [3.8, 4) is 0 Å². The number of rotatable bonds is 9. The summed E-state index contributed by atoms with van der Waals surface area (Å²) in [6.45, 7) is 5.08. The fourth-order valence-corrected chi connectivity index (χ4v) is 2.82. The van der Waals surface area contributed by atoms with E-state index in [4.69, 9.17) is 0 Å². The Labute approximate surface area is 125 Å². The Bertz CT molecular complexity index is 560. The summed E-state index contributed by atoms with van der Waals surface area (Å²) >= 11 is 0. The van der Waals surface area contributed by atoms with Crippen LogP contribution in [-0.4, -0.2) is 38.9 Å². The van der Waals surface area contributed by atoms with Crippen LogP contribution >= 0.6 is 0 Å². The summed E-state index contributed by atoms with van der Waals surface area (Å²) in [4.78, 5) is 15.3. The van der Waals surface area contributed by atoms with Crippen LogP contribution in [0.5, 0.6) is 0 Å². The first kappa shape index (κ1) is 17.4. The predicted molar refractivity (Wildman–Crippen MR) is 81.5 cm³/mol. The van der Waals surface area contributed by atoms with E-state index in [9.17, 15) is 13.2 Å². The van der Waals surface area contributed by atoms with E-state index in [1.54, 1.807) is 6.07 Å². The fourth-order valence-electron chi connectivity index (χ4n) is 1.66. The third kappa shape index (κ3) is 5.68. The molecule has 1 amide bonds. The smallest absolute Gasteiger partial charge is 0.244 e. The highest BCUT2D eigenvalue weighted by Crippen LogP contribution is 2.18. The number of carbonyl (C=O) groups is 1. The first-order chi connectivity index (χ1) is 10.0. The molecule has 0 aromatic carbocycles. The van der Waals surface area contributed by atoms with Crippen LogP contribution in [0, 0.1) is 0 Å². The van der Waals surface area contributed by atoms with Crippen LogP contribution in [0.15, 0.2) is 23.4 Å². The quantitative estimate of drug-likeness (QED) is 0.623. The molecule has 0 bridgehead atoms. The van der Waals surface area contributed by atoms with Gasteiger partial charge in [0, 0.05) is 38.4 Å². The van der Waals surface area contributed by atoms with Crippen molar-refractivity contribution in [1.82, 2.24) is 15.0 Å². The number of hydrogen-bond acceptors (Lipinski definition) is 5. The topological polar surface area (TPSA) is 100 Å². The van der Waals surface area contributed by atoms with Crippen LogP contribution in [0.1, 0.15) is 26.7 Å². The van der Waals surface area contributed by atoms with E-state index in [-0.39, 0.29) is 23.8 Å². The summed E-state index contributed by atoms with van der Waals surface area (Å²) in [5.74, 6) is -0.169. The SMILES string of the molecule is CCCNC(=O)CCNS(=O)(=O)c1cnccc1NCC. The van der Waals surface area contributed by atoms with Gasteiger partial charge in [-0.1, -0.05) is 6.92 Å². The molecule has 3 N–H and O–H groups in total. The molecule has 0 atom stereocenters. The van der Waals surface area contributed by atoms with Crippen molar-refractivity contribution in [2.24, 2.45) is 0 Å². The number of hydrogen-bond donors (Lipinski definition) is 3. The molecule has 1 aromatic heterocycles. The summed E-state index contributed by atoms with van der Waals surface area (Å²) in [6.07, 6.45) is 3.77. The van der Waals surface area contributed by atoms with Gasteiger partial charge in [0.25, 0.3) is 0 Å². The monoisotopic (exact) mass is 314 g/mol. The molecule has 0 saturated heterocycles. The van der Waals surface area contributed by atoms with Gasteiger partial charge in [0.2, 0.25) is 15.9 Å². The minimum absolute atomic E-state index is 0.0539. The molecular weight excluding hydrogens is 292 g/mol. The molecule has 0 aliphatic rings. The number of pyridine rings is 1. The average molecular weight is 314 g/mol. The molecule has 0 saturated carbocycles. The molecule has 1 rings (SSSR count). The Morgan fingerprint density at radius 1 is 1.29 bits per heavy atom. The fraction of sp³-hybridized carbons (Fsp3) is 0.538. The maximum Gasteiger partial charge on any atom is 0.244 e. The zero-order valence-corrected chi connectivity index (χ0v) is 13.2. The molecule has 0 aliphatic heterocycles. The van der Waals surface area contributed by atoms with Gasteiger partial charge in [-0.3, -0.25) is 9.78 Å². The Hall–Kier alpha value is -1.67. The molecule has 0 unspecified atom stereocenters. The van der Waals surface area contributed by atoms with Gasteiger partial charge >= 0.3 is 0 Å². The van der Waals surface area contributed by atoms with E-state index in [2.05, 4.69) is 20.3 Å². The second-order valence-corrected chi connectivity index (χ2v) is 6.14. The number of sulfonamides is 1. The molecule has 0 radical (unpaired) electrons. The number of nitrogens with one attached hydrogen (secondary N) is 3. The third-order valence-corrected chi connectivity index (χ3v) is 4.15. The van der Waals surface area contributed by atoms with Gasteiger partial charge in [0.1, 0.15) is 4.90 Å². The highest BCUT2D eigenvalue weighted by Gasteiger charge is 2.18. The van der Waals surface area contributed by atoms with E-state index in [0.717, 1.165) is 6.42 Å². The average Bonchev–Trinajstić information content (AvgIpc) is 2.45. The van der Waals surface area contributed by atoms with Gasteiger partial charge < -0.3 is 10.6 Å². The van der Waals surface area contributed by atoms with Gasteiger partial charge in [-0.25, -0.2) is 13.1 Å². The zero-order chi connectivity index (χ0) is 15.7. The van der Waals surface area contributed by atoms with Crippen molar-refractivity contribution < 1.29 is 13.2 Å². The molecule has 7 nitrogen and oxygen atoms in total. The van der Waals surface area contributed by atoms with E-state index in [0.29, 0.717) is 18.8 Å². The van der Waals surface area contributed by atoms with Crippen LogP contribution in [-0.2, 0) is 14.8 Å². The van der Waals surface area contributed by atoms with E-state index in [1.807, 2.05) is 13.8 Å². The second kappa shape index (κ2) is 8.58. The van der Waals surface area contributed by atoms with E-state index >= 15 is 0 Å².